The molecule has 90 valence electrons. The first-order chi connectivity index (χ1) is 7.96. The Morgan fingerprint density at radius 1 is 1.29 bits per heavy atom. The van der Waals surface area contributed by atoms with Crippen molar-refractivity contribution in [2.24, 2.45) is 0 Å². The third kappa shape index (κ3) is 3.08. The van der Waals surface area contributed by atoms with Crippen molar-refractivity contribution < 1.29 is 13.2 Å². The molecule has 6 heteroatoms. The molecule has 0 unspecified atom stereocenters. The maximum Gasteiger partial charge on any atom is 0.251 e. The lowest BCUT2D eigenvalue weighted by molar-refractivity contribution is 0.0947. The predicted molar refractivity (Wildman–Crippen MR) is 65.6 cm³/mol. The molecule has 1 aliphatic heterocycles. The highest BCUT2D eigenvalue weighted by Crippen LogP contribution is 2.11. The highest BCUT2D eigenvalue weighted by Gasteiger charge is 2.23. The number of nitrogens with one attached hydrogen (secondary N) is 1. The van der Waals surface area contributed by atoms with Gasteiger partial charge in [0, 0.05) is 16.0 Å². The summed E-state index contributed by atoms with van der Waals surface area (Å²) in [6.07, 6.45) is 1.48. The fourth-order valence-electron chi connectivity index (χ4n) is 1.52. The summed E-state index contributed by atoms with van der Waals surface area (Å²) in [6.45, 7) is 0. The molecule has 0 spiro atoms. The van der Waals surface area contributed by atoms with Gasteiger partial charge in [-0.3, -0.25) is 4.79 Å². The average molecular weight is 272 g/mol. The Labute approximate surface area is 104 Å². The van der Waals surface area contributed by atoms with Gasteiger partial charge in [0.15, 0.2) is 9.84 Å². The number of rotatable bonds is 2. The van der Waals surface area contributed by atoms with Crippen LogP contribution in [0.4, 0.5) is 0 Å². The fourth-order valence-corrected chi connectivity index (χ4v) is 2.88. The zero-order valence-electron chi connectivity index (χ0n) is 8.76. The Morgan fingerprint density at radius 3 is 2.47 bits per heavy atom. The summed E-state index contributed by atoms with van der Waals surface area (Å²) in [5.74, 6) is -0.389. The highest BCUT2D eigenvalue weighted by atomic mass is 35.5. The fraction of sp³-hybridized carbons (Fsp3) is 0.182. The highest BCUT2D eigenvalue weighted by molar-refractivity contribution is 7.94. The van der Waals surface area contributed by atoms with E-state index in [1.165, 1.54) is 6.08 Å². The lowest BCUT2D eigenvalue weighted by Gasteiger charge is -2.09. The first kappa shape index (κ1) is 12.1. The summed E-state index contributed by atoms with van der Waals surface area (Å²) in [6, 6.07) is 5.94. The van der Waals surface area contributed by atoms with E-state index in [4.69, 9.17) is 11.6 Å². The molecule has 0 radical (unpaired) electrons. The first-order valence-corrected chi connectivity index (χ1v) is 7.03. The van der Waals surface area contributed by atoms with Crippen molar-refractivity contribution in [3.05, 3.63) is 46.3 Å². The molecule has 1 aliphatic rings. The van der Waals surface area contributed by atoms with Gasteiger partial charge in [-0.25, -0.2) is 8.42 Å². The van der Waals surface area contributed by atoms with Crippen LogP contribution in [-0.4, -0.2) is 26.1 Å². The van der Waals surface area contributed by atoms with Gasteiger partial charge >= 0.3 is 0 Å². The van der Waals surface area contributed by atoms with Crippen molar-refractivity contribution in [2.45, 2.75) is 6.04 Å². The summed E-state index contributed by atoms with van der Waals surface area (Å²) >= 11 is 5.70. The molecule has 2 rings (SSSR count). The molecule has 17 heavy (non-hydrogen) atoms. The van der Waals surface area contributed by atoms with Crippen LogP contribution in [0.25, 0.3) is 0 Å². The van der Waals surface area contributed by atoms with Gasteiger partial charge in [0.2, 0.25) is 0 Å². The molecular weight excluding hydrogens is 262 g/mol. The topological polar surface area (TPSA) is 63.2 Å². The van der Waals surface area contributed by atoms with Crippen LogP contribution in [0.3, 0.4) is 0 Å². The number of halogens is 1. The van der Waals surface area contributed by atoms with Crippen molar-refractivity contribution in [3.63, 3.8) is 0 Å². The Hall–Kier alpha value is -1.33. The molecule has 0 fully saturated rings. The van der Waals surface area contributed by atoms with Gasteiger partial charge in [0.05, 0.1) is 11.8 Å². The van der Waals surface area contributed by atoms with Gasteiger partial charge < -0.3 is 5.32 Å². The molecule has 0 saturated heterocycles. The second-order valence-electron chi connectivity index (χ2n) is 3.74. The zero-order valence-corrected chi connectivity index (χ0v) is 10.3. The van der Waals surface area contributed by atoms with Crippen LogP contribution in [0, 0.1) is 0 Å². The van der Waals surface area contributed by atoms with E-state index in [0.29, 0.717) is 10.6 Å². The second kappa shape index (κ2) is 4.50. The molecule has 4 nitrogen and oxygen atoms in total. The minimum atomic E-state index is -3.15. The molecule has 1 atom stereocenters. The lowest BCUT2D eigenvalue weighted by Crippen LogP contribution is -2.35. The number of hydrogen-bond acceptors (Lipinski definition) is 3. The minimum absolute atomic E-state index is 0.0771. The smallest absolute Gasteiger partial charge is 0.251 e. The number of hydrogen-bond donors (Lipinski definition) is 1. The summed E-state index contributed by atoms with van der Waals surface area (Å²) in [7, 11) is -3.15. The summed E-state index contributed by atoms with van der Waals surface area (Å²) in [4.78, 5) is 11.7. The molecule has 1 aromatic rings. The van der Waals surface area contributed by atoms with E-state index in [0.717, 1.165) is 5.41 Å². The monoisotopic (exact) mass is 271 g/mol. The van der Waals surface area contributed by atoms with Crippen LogP contribution >= 0.6 is 11.6 Å². The van der Waals surface area contributed by atoms with Gasteiger partial charge in [-0.1, -0.05) is 11.6 Å². The van der Waals surface area contributed by atoms with Gasteiger partial charge in [-0.05, 0) is 30.3 Å². The van der Waals surface area contributed by atoms with E-state index in [2.05, 4.69) is 5.32 Å². The lowest BCUT2D eigenvalue weighted by atomic mass is 10.2. The van der Waals surface area contributed by atoms with E-state index in [1.54, 1.807) is 24.3 Å². The van der Waals surface area contributed by atoms with Gasteiger partial charge in [-0.2, -0.15) is 0 Å². The van der Waals surface area contributed by atoms with Gasteiger partial charge in [0.25, 0.3) is 5.91 Å². The summed E-state index contributed by atoms with van der Waals surface area (Å²) in [5.41, 5.74) is 0.451. The third-order valence-electron chi connectivity index (χ3n) is 2.35. The van der Waals surface area contributed by atoms with Crippen molar-refractivity contribution in [1.29, 1.82) is 0 Å². The maximum absolute atomic E-state index is 11.7. The average Bonchev–Trinajstić information content (AvgIpc) is 2.59. The van der Waals surface area contributed by atoms with Crippen LogP contribution in [0.15, 0.2) is 35.7 Å². The van der Waals surface area contributed by atoms with Crippen LogP contribution in [0.1, 0.15) is 10.4 Å². The van der Waals surface area contributed by atoms with Crippen molar-refractivity contribution in [1.82, 2.24) is 5.32 Å². The largest absolute Gasteiger partial charge is 0.345 e. The summed E-state index contributed by atoms with van der Waals surface area (Å²) < 4.78 is 22.3. The third-order valence-corrected chi connectivity index (χ3v) is 4.00. The predicted octanol–water partition coefficient (Wildman–Crippen LogP) is 1.38. The van der Waals surface area contributed by atoms with Crippen LogP contribution in [-0.2, 0) is 9.84 Å². The molecule has 0 aliphatic carbocycles. The van der Waals surface area contributed by atoms with Gasteiger partial charge in [-0.15, -0.1) is 0 Å². The van der Waals surface area contributed by atoms with Crippen molar-refractivity contribution in [2.75, 3.05) is 5.75 Å². The van der Waals surface area contributed by atoms with E-state index in [1.807, 2.05) is 0 Å². The molecule has 0 bridgehead atoms. The van der Waals surface area contributed by atoms with Crippen LogP contribution in [0.5, 0.6) is 0 Å². The molecular formula is C11H10ClNO3S. The van der Waals surface area contributed by atoms with Crippen LogP contribution < -0.4 is 5.32 Å². The molecule has 1 amide bonds. The standard InChI is InChI=1S/C11H10ClNO3S/c12-9-3-1-8(2-4-9)11(14)13-10-5-6-17(15,16)7-10/h1-6,10H,7H2,(H,13,14)/t10-/m1/s1. The van der Waals surface area contributed by atoms with E-state index < -0.39 is 15.9 Å². The first-order valence-electron chi connectivity index (χ1n) is 4.94. The SMILES string of the molecule is O=C(N[C@@H]1C=CS(=O)(=O)C1)c1ccc(Cl)cc1. The summed E-state index contributed by atoms with van der Waals surface area (Å²) in [5, 5.41) is 4.29. The second-order valence-corrected chi connectivity index (χ2v) is 6.11. The molecule has 0 saturated carbocycles. The zero-order chi connectivity index (χ0) is 12.5. The van der Waals surface area contributed by atoms with Crippen molar-refractivity contribution in [3.8, 4) is 0 Å². The van der Waals surface area contributed by atoms with E-state index in [-0.39, 0.29) is 11.7 Å². The molecule has 0 aromatic heterocycles. The Morgan fingerprint density at radius 2 is 1.94 bits per heavy atom. The Balaban J connectivity index is 2.04. The minimum Gasteiger partial charge on any atom is -0.345 e. The normalized spacial score (nSPS) is 21.4. The van der Waals surface area contributed by atoms with Crippen LogP contribution in [0.2, 0.25) is 5.02 Å². The number of amides is 1. The number of benzene rings is 1. The van der Waals surface area contributed by atoms with Crippen molar-refractivity contribution >= 4 is 27.3 Å². The van der Waals surface area contributed by atoms with Gasteiger partial charge in [0.1, 0.15) is 0 Å². The molecule has 1 heterocycles. The Kier molecular flexibility index (Phi) is 3.22. The molecule has 1 N–H and O–H groups in total. The van der Waals surface area contributed by atoms with E-state index >= 15 is 0 Å². The maximum atomic E-state index is 11.7. The number of sulfone groups is 1. The number of carbonyl (C=O) groups excluding carboxylic acids is 1. The number of carbonyl (C=O) groups is 1. The Bertz CT molecular complexity index is 563. The molecule has 1 aromatic carbocycles. The quantitative estimate of drug-likeness (QED) is 0.884. The van der Waals surface area contributed by atoms with E-state index in [9.17, 15) is 13.2 Å².